The number of hydrogen-bond donors (Lipinski definition) is 1. The van der Waals surface area contributed by atoms with Gasteiger partial charge in [-0.05, 0) is 63.5 Å². The van der Waals surface area contributed by atoms with Gasteiger partial charge in [0.1, 0.15) is 0 Å². The van der Waals surface area contributed by atoms with Gasteiger partial charge in [-0.3, -0.25) is 0 Å². The van der Waals surface area contributed by atoms with Gasteiger partial charge >= 0.3 is 0 Å². The Bertz CT molecular complexity index is 415. The number of piperidine rings is 1. The lowest BCUT2D eigenvalue weighted by molar-refractivity contribution is 0.189. The SMILES string of the molecule is CC(NCc1ccc(F)c(F)c1)C1CCN(C)CC1. The molecule has 1 unspecified atom stereocenters. The van der Waals surface area contributed by atoms with Gasteiger partial charge in [-0.1, -0.05) is 6.07 Å². The molecule has 1 atom stereocenters. The van der Waals surface area contributed by atoms with E-state index in [0.717, 1.165) is 18.7 Å². The van der Waals surface area contributed by atoms with Gasteiger partial charge in [0.05, 0.1) is 0 Å². The molecule has 1 saturated heterocycles. The third-order valence-corrected chi connectivity index (χ3v) is 4.08. The maximum absolute atomic E-state index is 13.1. The summed E-state index contributed by atoms with van der Waals surface area (Å²) in [5, 5.41) is 3.42. The molecule has 0 spiro atoms. The molecule has 1 aliphatic heterocycles. The molecule has 1 N–H and O–H groups in total. The van der Waals surface area contributed by atoms with Crippen molar-refractivity contribution in [2.45, 2.75) is 32.4 Å². The zero-order valence-corrected chi connectivity index (χ0v) is 11.6. The van der Waals surface area contributed by atoms with Crippen LogP contribution in [0, 0.1) is 17.6 Å². The van der Waals surface area contributed by atoms with E-state index >= 15 is 0 Å². The molecule has 19 heavy (non-hydrogen) atoms. The molecule has 1 aromatic rings. The highest BCUT2D eigenvalue weighted by atomic mass is 19.2. The van der Waals surface area contributed by atoms with Crippen molar-refractivity contribution in [2.24, 2.45) is 5.92 Å². The second kappa shape index (κ2) is 6.44. The van der Waals surface area contributed by atoms with Crippen molar-refractivity contribution in [1.82, 2.24) is 10.2 Å². The summed E-state index contributed by atoms with van der Waals surface area (Å²) in [5.74, 6) is -0.889. The Morgan fingerprint density at radius 2 is 1.95 bits per heavy atom. The van der Waals surface area contributed by atoms with E-state index in [-0.39, 0.29) is 0 Å². The molecule has 106 valence electrons. The largest absolute Gasteiger partial charge is 0.310 e. The lowest BCUT2D eigenvalue weighted by atomic mass is 9.90. The zero-order chi connectivity index (χ0) is 13.8. The maximum atomic E-state index is 13.1. The molecule has 0 amide bonds. The van der Waals surface area contributed by atoms with Crippen LogP contribution in [0.4, 0.5) is 8.78 Å². The predicted molar refractivity (Wildman–Crippen MR) is 72.9 cm³/mol. The monoisotopic (exact) mass is 268 g/mol. The smallest absolute Gasteiger partial charge is 0.159 e. The van der Waals surface area contributed by atoms with Crippen molar-refractivity contribution in [3.05, 3.63) is 35.4 Å². The van der Waals surface area contributed by atoms with Crippen molar-refractivity contribution < 1.29 is 8.78 Å². The van der Waals surface area contributed by atoms with Crippen molar-refractivity contribution >= 4 is 0 Å². The van der Waals surface area contributed by atoms with Crippen LogP contribution in [0.5, 0.6) is 0 Å². The molecule has 2 rings (SSSR count). The molecule has 0 aromatic heterocycles. The number of rotatable bonds is 4. The van der Waals surface area contributed by atoms with Gasteiger partial charge in [0.25, 0.3) is 0 Å². The Balaban J connectivity index is 1.82. The average molecular weight is 268 g/mol. The Morgan fingerprint density at radius 1 is 1.26 bits per heavy atom. The fourth-order valence-corrected chi connectivity index (χ4v) is 2.62. The second-order valence-electron chi connectivity index (χ2n) is 5.56. The van der Waals surface area contributed by atoms with Crippen LogP contribution in [-0.4, -0.2) is 31.1 Å². The van der Waals surface area contributed by atoms with Gasteiger partial charge < -0.3 is 10.2 Å². The number of benzene rings is 1. The van der Waals surface area contributed by atoms with Gasteiger partial charge in [0.15, 0.2) is 11.6 Å². The minimum atomic E-state index is -0.785. The molecule has 0 aliphatic carbocycles. The summed E-state index contributed by atoms with van der Waals surface area (Å²) in [6, 6.07) is 4.49. The fourth-order valence-electron chi connectivity index (χ4n) is 2.62. The summed E-state index contributed by atoms with van der Waals surface area (Å²) in [4.78, 5) is 2.35. The molecule has 1 heterocycles. The van der Waals surface area contributed by atoms with E-state index in [9.17, 15) is 8.78 Å². The van der Waals surface area contributed by atoms with Crippen LogP contribution in [0.25, 0.3) is 0 Å². The first-order valence-electron chi connectivity index (χ1n) is 6.92. The van der Waals surface area contributed by atoms with Gasteiger partial charge in [-0.2, -0.15) is 0 Å². The minimum Gasteiger partial charge on any atom is -0.310 e. The van der Waals surface area contributed by atoms with Gasteiger partial charge in [0, 0.05) is 12.6 Å². The van der Waals surface area contributed by atoms with Gasteiger partial charge in [0.2, 0.25) is 0 Å². The summed E-state index contributed by atoms with van der Waals surface area (Å²) >= 11 is 0. The summed E-state index contributed by atoms with van der Waals surface area (Å²) in [5.41, 5.74) is 0.790. The topological polar surface area (TPSA) is 15.3 Å². The lowest BCUT2D eigenvalue weighted by Crippen LogP contribution is -2.40. The standard InChI is InChI=1S/C15H22F2N2/c1-11(13-5-7-19(2)8-6-13)18-10-12-3-4-14(16)15(17)9-12/h3-4,9,11,13,18H,5-8,10H2,1-2H3. The summed E-state index contributed by atoms with van der Waals surface area (Å²) < 4.78 is 25.9. The Morgan fingerprint density at radius 3 is 2.58 bits per heavy atom. The van der Waals surface area contributed by atoms with E-state index in [0.29, 0.717) is 18.5 Å². The molecular weight excluding hydrogens is 246 g/mol. The van der Waals surface area contributed by atoms with E-state index in [1.54, 1.807) is 6.07 Å². The molecular formula is C15H22F2N2. The van der Waals surface area contributed by atoms with Gasteiger partial charge in [-0.15, -0.1) is 0 Å². The summed E-state index contributed by atoms with van der Waals surface area (Å²) in [6.45, 7) is 5.05. The van der Waals surface area contributed by atoms with Crippen LogP contribution in [0.1, 0.15) is 25.3 Å². The van der Waals surface area contributed by atoms with E-state index in [2.05, 4.69) is 24.2 Å². The maximum Gasteiger partial charge on any atom is 0.159 e. The molecule has 0 radical (unpaired) electrons. The number of likely N-dealkylation sites (tertiary alicyclic amines) is 1. The summed E-state index contributed by atoms with van der Waals surface area (Å²) in [7, 11) is 2.15. The van der Waals surface area contributed by atoms with Gasteiger partial charge in [-0.25, -0.2) is 8.78 Å². The Hall–Kier alpha value is -1.00. The number of hydrogen-bond acceptors (Lipinski definition) is 2. The van der Waals surface area contributed by atoms with E-state index in [1.807, 2.05) is 0 Å². The molecule has 0 bridgehead atoms. The first-order valence-corrected chi connectivity index (χ1v) is 6.92. The Labute approximate surface area is 113 Å². The Kier molecular flexibility index (Phi) is 4.88. The highest BCUT2D eigenvalue weighted by molar-refractivity contribution is 5.17. The predicted octanol–water partition coefficient (Wildman–Crippen LogP) is 2.78. The highest BCUT2D eigenvalue weighted by Gasteiger charge is 2.21. The third-order valence-electron chi connectivity index (χ3n) is 4.08. The molecule has 0 saturated carbocycles. The van der Waals surface area contributed by atoms with Crippen LogP contribution >= 0.6 is 0 Å². The summed E-state index contributed by atoms with van der Waals surface area (Å²) in [6.07, 6.45) is 2.39. The molecule has 2 nitrogen and oxygen atoms in total. The van der Waals surface area contributed by atoms with Crippen LogP contribution < -0.4 is 5.32 Å². The number of nitrogens with one attached hydrogen (secondary N) is 1. The van der Waals surface area contributed by atoms with E-state index in [4.69, 9.17) is 0 Å². The van der Waals surface area contributed by atoms with Crippen LogP contribution in [0.2, 0.25) is 0 Å². The number of halogens is 2. The molecule has 1 aromatic carbocycles. The third kappa shape index (κ3) is 3.98. The van der Waals surface area contributed by atoms with E-state index in [1.165, 1.54) is 25.0 Å². The van der Waals surface area contributed by atoms with Crippen molar-refractivity contribution in [2.75, 3.05) is 20.1 Å². The van der Waals surface area contributed by atoms with Crippen LogP contribution in [-0.2, 0) is 6.54 Å². The quantitative estimate of drug-likeness (QED) is 0.903. The van der Waals surface area contributed by atoms with Crippen LogP contribution in [0.3, 0.4) is 0 Å². The molecule has 1 aliphatic rings. The minimum absolute atomic E-state index is 0.404. The van der Waals surface area contributed by atoms with Crippen LogP contribution in [0.15, 0.2) is 18.2 Å². The second-order valence-corrected chi connectivity index (χ2v) is 5.56. The van der Waals surface area contributed by atoms with Crippen molar-refractivity contribution in [3.63, 3.8) is 0 Å². The normalized spacial score (nSPS) is 19.6. The zero-order valence-electron chi connectivity index (χ0n) is 11.6. The van der Waals surface area contributed by atoms with Crippen molar-refractivity contribution in [3.8, 4) is 0 Å². The first-order chi connectivity index (χ1) is 9.06. The average Bonchev–Trinajstić information content (AvgIpc) is 2.40. The lowest BCUT2D eigenvalue weighted by Gasteiger charge is -2.33. The van der Waals surface area contributed by atoms with Crippen molar-refractivity contribution in [1.29, 1.82) is 0 Å². The molecule has 4 heteroatoms. The van der Waals surface area contributed by atoms with E-state index < -0.39 is 11.6 Å². The molecule has 1 fully saturated rings. The fraction of sp³-hybridized carbons (Fsp3) is 0.600. The first kappa shape index (κ1) is 14.4. The number of nitrogens with zero attached hydrogens (tertiary/aromatic N) is 1. The highest BCUT2D eigenvalue weighted by Crippen LogP contribution is 2.20.